The Balaban J connectivity index is 1.51. The minimum atomic E-state index is 0.0934. The molecule has 1 aliphatic carbocycles. The molecule has 1 atom stereocenters. The van der Waals surface area contributed by atoms with Gasteiger partial charge in [0.15, 0.2) is 0 Å². The van der Waals surface area contributed by atoms with Gasteiger partial charge in [0.05, 0.1) is 12.6 Å². The number of hydrogen-bond acceptors (Lipinski definition) is 3. The zero-order valence-corrected chi connectivity index (χ0v) is 15.3. The van der Waals surface area contributed by atoms with Crippen LogP contribution in [0.15, 0.2) is 24.3 Å². The Morgan fingerprint density at radius 1 is 1.12 bits per heavy atom. The molecule has 2 amide bonds. The molecule has 0 spiro atoms. The topological polar surface area (TPSA) is 61.4 Å². The van der Waals surface area contributed by atoms with Crippen LogP contribution >= 0.6 is 0 Å². The normalized spacial score (nSPS) is 20.1. The van der Waals surface area contributed by atoms with E-state index in [-0.39, 0.29) is 23.8 Å². The average molecular weight is 343 g/mol. The molecule has 1 heterocycles. The number of carbonyl (C=O) groups is 2. The number of nitrogens with one attached hydrogen (secondary N) is 2. The third-order valence-electron chi connectivity index (χ3n) is 5.42. The lowest BCUT2D eigenvalue weighted by Gasteiger charge is -2.31. The van der Waals surface area contributed by atoms with Gasteiger partial charge in [-0.15, -0.1) is 0 Å². The molecule has 0 radical (unpaired) electrons. The molecule has 1 unspecified atom stereocenters. The molecule has 2 aliphatic rings. The second-order valence-corrected chi connectivity index (χ2v) is 7.46. The fourth-order valence-electron chi connectivity index (χ4n) is 3.66. The first-order valence-corrected chi connectivity index (χ1v) is 9.36. The molecule has 0 aromatic heterocycles. The van der Waals surface area contributed by atoms with Gasteiger partial charge in [-0.1, -0.05) is 29.8 Å². The predicted molar refractivity (Wildman–Crippen MR) is 98.0 cm³/mol. The van der Waals surface area contributed by atoms with Gasteiger partial charge in [-0.3, -0.25) is 14.5 Å². The van der Waals surface area contributed by atoms with Crippen LogP contribution < -0.4 is 10.6 Å². The number of likely N-dealkylation sites (tertiary alicyclic amines) is 1. The molecule has 1 aromatic carbocycles. The summed E-state index contributed by atoms with van der Waals surface area (Å²) in [4.78, 5) is 26.4. The number of hydrogen-bond donors (Lipinski definition) is 2. The summed E-state index contributed by atoms with van der Waals surface area (Å²) in [5.74, 6) is 0.884. The van der Waals surface area contributed by atoms with E-state index in [1.807, 2.05) is 0 Å². The molecule has 2 fully saturated rings. The van der Waals surface area contributed by atoms with Gasteiger partial charge in [0, 0.05) is 13.0 Å². The van der Waals surface area contributed by atoms with Crippen LogP contribution in [-0.4, -0.2) is 43.4 Å². The minimum Gasteiger partial charge on any atom is -0.359 e. The first-order chi connectivity index (χ1) is 12.1. The number of piperidine rings is 1. The molecule has 1 aromatic rings. The molecule has 1 saturated heterocycles. The molecule has 136 valence electrons. The van der Waals surface area contributed by atoms with Crippen molar-refractivity contribution in [3.05, 3.63) is 35.4 Å². The highest BCUT2D eigenvalue weighted by Gasteiger charge is 2.34. The van der Waals surface area contributed by atoms with Crippen molar-refractivity contribution in [2.45, 2.75) is 38.6 Å². The van der Waals surface area contributed by atoms with Crippen LogP contribution in [0.4, 0.5) is 0 Å². The van der Waals surface area contributed by atoms with Gasteiger partial charge in [0.25, 0.3) is 0 Å². The van der Waals surface area contributed by atoms with E-state index in [9.17, 15) is 9.59 Å². The third-order valence-corrected chi connectivity index (χ3v) is 5.42. The molecular formula is C20H29N3O2. The maximum absolute atomic E-state index is 12.5. The van der Waals surface area contributed by atoms with Crippen molar-refractivity contribution in [2.24, 2.45) is 11.8 Å². The number of aryl methyl sites for hydroxylation is 1. The third kappa shape index (κ3) is 4.82. The molecule has 2 N–H and O–H groups in total. The summed E-state index contributed by atoms with van der Waals surface area (Å²) in [6.07, 6.45) is 4.04. The van der Waals surface area contributed by atoms with Crippen molar-refractivity contribution in [3.63, 3.8) is 0 Å². The fourth-order valence-corrected chi connectivity index (χ4v) is 3.66. The fraction of sp³-hybridized carbons (Fsp3) is 0.600. The maximum Gasteiger partial charge on any atom is 0.234 e. The lowest BCUT2D eigenvalue weighted by Crippen LogP contribution is -2.44. The highest BCUT2D eigenvalue weighted by molar-refractivity contribution is 5.79. The molecule has 0 bridgehead atoms. The predicted octanol–water partition coefficient (Wildman–Crippen LogP) is 2.02. The number of nitrogens with zero attached hydrogens (tertiary/aromatic N) is 1. The van der Waals surface area contributed by atoms with E-state index < -0.39 is 0 Å². The van der Waals surface area contributed by atoms with Crippen LogP contribution in [0.3, 0.4) is 0 Å². The summed E-state index contributed by atoms with van der Waals surface area (Å²) < 4.78 is 0. The van der Waals surface area contributed by atoms with Gasteiger partial charge in [-0.25, -0.2) is 0 Å². The molecule has 1 aliphatic heterocycles. The van der Waals surface area contributed by atoms with Gasteiger partial charge >= 0.3 is 0 Å². The Bertz CT molecular complexity index is 602. The second kappa shape index (κ2) is 8.00. The lowest BCUT2D eigenvalue weighted by molar-refractivity contribution is -0.126. The largest absolute Gasteiger partial charge is 0.359 e. The van der Waals surface area contributed by atoms with Crippen molar-refractivity contribution in [3.8, 4) is 0 Å². The van der Waals surface area contributed by atoms with E-state index in [1.165, 1.54) is 24.0 Å². The summed E-state index contributed by atoms with van der Waals surface area (Å²) in [6, 6.07) is 8.62. The van der Waals surface area contributed by atoms with Gasteiger partial charge in [0.1, 0.15) is 0 Å². The Morgan fingerprint density at radius 2 is 1.76 bits per heavy atom. The first-order valence-electron chi connectivity index (χ1n) is 9.36. The highest BCUT2D eigenvalue weighted by atomic mass is 16.2. The Labute approximate surface area is 150 Å². The van der Waals surface area contributed by atoms with Crippen molar-refractivity contribution >= 4 is 11.8 Å². The smallest absolute Gasteiger partial charge is 0.234 e. The summed E-state index contributed by atoms with van der Waals surface area (Å²) in [5, 5.41) is 5.97. The van der Waals surface area contributed by atoms with Crippen molar-refractivity contribution < 1.29 is 9.59 Å². The second-order valence-electron chi connectivity index (χ2n) is 7.46. The highest BCUT2D eigenvalue weighted by Crippen LogP contribution is 2.41. The van der Waals surface area contributed by atoms with E-state index in [0.29, 0.717) is 12.5 Å². The Hall–Kier alpha value is -1.88. The number of benzene rings is 1. The van der Waals surface area contributed by atoms with Gasteiger partial charge in [0.2, 0.25) is 11.8 Å². The van der Waals surface area contributed by atoms with Gasteiger partial charge in [-0.05, 0) is 57.2 Å². The van der Waals surface area contributed by atoms with Gasteiger partial charge in [-0.2, -0.15) is 0 Å². The Morgan fingerprint density at radius 3 is 2.32 bits per heavy atom. The number of amides is 2. The van der Waals surface area contributed by atoms with Gasteiger partial charge < -0.3 is 10.6 Å². The monoisotopic (exact) mass is 343 g/mol. The zero-order valence-electron chi connectivity index (χ0n) is 15.3. The molecule has 25 heavy (non-hydrogen) atoms. The first kappa shape index (κ1) is 17.9. The van der Waals surface area contributed by atoms with E-state index in [2.05, 4.69) is 46.7 Å². The van der Waals surface area contributed by atoms with Crippen LogP contribution in [0.25, 0.3) is 0 Å². The lowest BCUT2D eigenvalue weighted by atomic mass is 9.96. The summed E-state index contributed by atoms with van der Waals surface area (Å²) >= 11 is 0. The van der Waals surface area contributed by atoms with Crippen LogP contribution in [0.1, 0.15) is 42.9 Å². The summed E-state index contributed by atoms with van der Waals surface area (Å²) in [5.41, 5.74) is 2.45. The van der Waals surface area contributed by atoms with Crippen LogP contribution in [-0.2, 0) is 9.59 Å². The van der Waals surface area contributed by atoms with Crippen molar-refractivity contribution in [1.82, 2.24) is 15.5 Å². The van der Waals surface area contributed by atoms with Crippen molar-refractivity contribution in [2.75, 3.05) is 26.7 Å². The quantitative estimate of drug-likeness (QED) is 0.831. The van der Waals surface area contributed by atoms with Crippen molar-refractivity contribution in [1.29, 1.82) is 0 Å². The molecule has 1 saturated carbocycles. The van der Waals surface area contributed by atoms with E-state index in [4.69, 9.17) is 0 Å². The minimum absolute atomic E-state index is 0.0934. The Kier molecular flexibility index (Phi) is 5.74. The van der Waals surface area contributed by atoms with E-state index >= 15 is 0 Å². The molecule has 5 nitrogen and oxygen atoms in total. The maximum atomic E-state index is 12.5. The number of carbonyl (C=O) groups excluding carboxylic acids is 2. The van der Waals surface area contributed by atoms with E-state index in [0.717, 1.165) is 25.9 Å². The van der Waals surface area contributed by atoms with E-state index in [1.54, 1.807) is 7.05 Å². The summed E-state index contributed by atoms with van der Waals surface area (Å²) in [7, 11) is 1.69. The standard InChI is InChI=1S/C20H29N3O2/c1-14-3-5-15(6-4-14)19(16-7-8-16)22-18(24)13-23-11-9-17(10-12-23)20(25)21-2/h3-6,16-17,19H,7-13H2,1-2H3,(H,21,25)(H,22,24). The zero-order chi connectivity index (χ0) is 17.8. The molecular weight excluding hydrogens is 314 g/mol. The van der Waals surface area contributed by atoms with Crippen LogP contribution in [0, 0.1) is 18.8 Å². The van der Waals surface area contributed by atoms with Crippen LogP contribution in [0.2, 0.25) is 0 Å². The average Bonchev–Trinajstić information content (AvgIpc) is 3.45. The molecule has 3 rings (SSSR count). The summed E-state index contributed by atoms with van der Waals surface area (Å²) in [6.45, 7) is 4.13. The number of rotatable bonds is 6. The SMILES string of the molecule is CNC(=O)C1CCN(CC(=O)NC(c2ccc(C)cc2)C2CC2)CC1. The van der Waals surface area contributed by atoms with Crippen LogP contribution in [0.5, 0.6) is 0 Å². The molecule has 5 heteroatoms.